The van der Waals surface area contributed by atoms with E-state index in [-0.39, 0.29) is 22.2 Å². The van der Waals surface area contributed by atoms with Crippen molar-refractivity contribution in [1.29, 1.82) is 0 Å². The average Bonchev–Trinajstić information content (AvgIpc) is 2.70. The number of anilines is 1. The molecular weight excluding hydrogens is 406 g/mol. The van der Waals surface area contributed by atoms with E-state index in [2.05, 4.69) is 5.32 Å². The Morgan fingerprint density at radius 3 is 2.00 bits per heavy atom. The predicted octanol–water partition coefficient (Wildman–Crippen LogP) is 4.52. The smallest absolute Gasteiger partial charge is 0.339 e. The highest BCUT2D eigenvalue weighted by molar-refractivity contribution is 7.87. The van der Waals surface area contributed by atoms with Gasteiger partial charge in [-0.05, 0) is 61.5 Å². The molecule has 0 unspecified atom stereocenters. The molecule has 0 saturated heterocycles. The van der Waals surface area contributed by atoms with Crippen LogP contribution in [0.2, 0.25) is 0 Å². The monoisotopic (exact) mass is 427 g/mol. The number of benzene rings is 3. The van der Waals surface area contributed by atoms with Crippen molar-refractivity contribution in [2.24, 2.45) is 0 Å². The van der Waals surface area contributed by atoms with Crippen LogP contribution in [0.1, 0.15) is 12.5 Å². The lowest BCUT2D eigenvalue weighted by atomic mass is 10.2. The Hall–Kier alpha value is -3.52. The fourth-order valence-corrected chi connectivity index (χ4v) is 3.57. The molecule has 0 saturated carbocycles. The van der Waals surface area contributed by atoms with Gasteiger partial charge in [0.15, 0.2) is 0 Å². The summed E-state index contributed by atoms with van der Waals surface area (Å²) < 4.78 is 41.3. The molecule has 0 aliphatic carbocycles. The van der Waals surface area contributed by atoms with Crippen LogP contribution in [-0.4, -0.2) is 21.4 Å². The largest absolute Gasteiger partial charge is 0.495 e. The molecule has 0 aliphatic rings. The van der Waals surface area contributed by atoms with Crippen LogP contribution in [0.3, 0.4) is 0 Å². The predicted molar refractivity (Wildman–Crippen MR) is 113 cm³/mol. The van der Waals surface area contributed by atoms with E-state index in [1.54, 1.807) is 12.1 Å². The number of carbonyl (C=O) groups excluding carboxylic acids is 1. The molecule has 156 valence electrons. The van der Waals surface area contributed by atoms with E-state index in [1.165, 1.54) is 44.4 Å². The summed E-state index contributed by atoms with van der Waals surface area (Å²) in [7, 11) is -2.70. The third-order valence-corrected chi connectivity index (χ3v) is 5.30. The van der Waals surface area contributed by atoms with Gasteiger partial charge in [0.2, 0.25) is 5.91 Å². The Morgan fingerprint density at radius 1 is 0.867 bits per heavy atom. The first-order valence-corrected chi connectivity index (χ1v) is 10.4. The third-order valence-electron chi connectivity index (χ3n) is 4.06. The number of amides is 1. The van der Waals surface area contributed by atoms with Gasteiger partial charge in [-0.15, -0.1) is 0 Å². The second kappa shape index (κ2) is 8.87. The van der Waals surface area contributed by atoms with Crippen LogP contribution in [0, 0.1) is 6.92 Å². The molecule has 1 N–H and O–H groups in total. The molecule has 0 atom stereocenters. The summed E-state index contributed by atoms with van der Waals surface area (Å²) in [5, 5.41) is 2.53. The average molecular weight is 427 g/mol. The maximum Gasteiger partial charge on any atom is 0.339 e. The normalized spacial score (nSPS) is 10.9. The molecule has 3 rings (SSSR count). The number of rotatable bonds is 7. The van der Waals surface area contributed by atoms with Crippen molar-refractivity contribution in [3.8, 4) is 23.0 Å². The van der Waals surface area contributed by atoms with Crippen LogP contribution in [0.4, 0.5) is 5.69 Å². The van der Waals surface area contributed by atoms with Crippen LogP contribution in [0.25, 0.3) is 0 Å². The van der Waals surface area contributed by atoms with Crippen molar-refractivity contribution in [2.45, 2.75) is 18.7 Å². The van der Waals surface area contributed by atoms with Gasteiger partial charge < -0.3 is 19.0 Å². The molecule has 0 heterocycles. The molecule has 3 aromatic rings. The maximum absolute atomic E-state index is 12.6. The highest BCUT2D eigenvalue weighted by atomic mass is 32.2. The summed E-state index contributed by atoms with van der Waals surface area (Å²) in [4.78, 5) is 11.2. The van der Waals surface area contributed by atoms with E-state index in [4.69, 9.17) is 13.7 Å². The molecule has 0 aliphatic heterocycles. The van der Waals surface area contributed by atoms with Crippen molar-refractivity contribution in [2.75, 3.05) is 12.4 Å². The van der Waals surface area contributed by atoms with Crippen LogP contribution >= 0.6 is 0 Å². The molecule has 0 bridgehead atoms. The molecular formula is C22H21NO6S. The lowest BCUT2D eigenvalue weighted by Crippen LogP contribution is -2.12. The Balaban J connectivity index is 1.76. The maximum atomic E-state index is 12.6. The highest BCUT2D eigenvalue weighted by Crippen LogP contribution is 2.30. The van der Waals surface area contributed by atoms with Crippen molar-refractivity contribution >= 4 is 21.7 Å². The van der Waals surface area contributed by atoms with Crippen LogP contribution < -0.4 is 19.0 Å². The fraction of sp³-hybridized carbons (Fsp3) is 0.136. The summed E-state index contributed by atoms with van der Waals surface area (Å²) >= 11 is 0. The lowest BCUT2D eigenvalue weighted by molar-refractivity contribution is -0.114. The lowest BCUT2D eigenvalue weighted by Gasteiger charge is -2.12. The van der Waals surface area contributed by atoms with Crippen LogP contribution in [-0.2, 0) is 14.9 Å². The Bertz CT molecular complexity index is 1140. The minimum absolute atomic E-state index is 0.118. The van der Waals surface area contributed by atoms with Crippen molar-refractivity contribution < 1.29 is 26.9 Å². The topological polar surface area (TPSA) is 90.9 Å². The Morgan fingerprint density at radius 2 is 1.43 bits per heavy atom. The second-order valence-electron chi connectivity index (χ2n) is 6.47. The zero-order chi connectivity index (χ0) is 21.7. The molecule has 0 spiro atoms. The molecule has 1 amide bonds. The van der Waals surface area contributed by atoms with Gasteiger partial charge in [-0.3, -0.25) is 4.79 Å². The first kappa shape index (κ1) is 21.2. The Labute approximate surface area is 175 Å². The van der Waals surface area contributed by atoms with Crippen molar-refractivity contribution in [1.82, 2.24) is 0 Å². The molecule has 8 heteroatoms. The van der Waals surface area contributed by atoms with Crippen molar-refractivity contribution in [3.63, 3.8) is 0 Å². The molecule has 30 heavy (non-hydrogen) atoms. The van der Waals surface area contributed by atoms with E-state index in [0.717, 1.165) is 5.56 Å². The molecule has 0 aromatic heterocycles. The number of hydrogen-bond donors (Lipinski definition) is 1. The van der Waals surface area contributed by atoms with Gasteiger partial charge in [-0.25, -0.2) is 0 Å². The summed E-state index contributed by atoms with van der Waals surface area (Å²) in [6.45, 7) is 3.30. The van der Waals surface area contributed by atoms with Crippen LogP contribution in [0.5, 0.6) is 23.0 Å². The summed E-state index contributed by atoms with van der Waals surface area (Å²) in [6, 6.07) is 17.9. The molecule has 0 fully saturated rings. The van der Waals surface area contributed by atoms with E-state index < -0.39 is 10.1 Å². The zero-order valence-corrected chi connectivity index (χ0v) is 17.5. The van der Waals surface area contributed by atoms with Gasteiger partial charge in [0.1, 0.15) is 27.9 Å². The molecule has 3 aromatic carbocycles. The number of carbonyl (C=O) groups is 1. The van der Waals surface area contributed by atoms with E-state index in [1.807, 2.05) is 31.2 Å². The second-order valence-corrected chi connectivity index (χ2v) is 8.01. The van der Waals surface area contributed by atoms with Gasteiger partial charge in [0, 0.05) is 6.92 Å². The van der Waals surface area contributed by atoms with Gasteiger partial charge >= 0.3 is 10.1 Å². The van der Waals surface area contributed by atoms with Gasteiger partial charge in [-0.1, -0.05) is 17.7 Å². The highest BCUT2D eigenvalue weighted by Gasteiger charge is 2.19. The first-order valence-electron chi connectivity index (χ1n) is 9.01. The van der Waals surface area contributed by atoms with Crippen molar-refractivity contribution in [3.05, 3.63) is 72.3 Å². The fourth-order valence-electron chi connectivity index (χ4n) is 2.61. The van der Waals surface area contributed by atoms with Gasteiger partial charge in [0.05, 0.1) is 12.8 Å². The number of nitrogens with one attached hydrogen (secondary N) is 1. The summed E-state index contributed by atoms with van der Waals surface area (Å²) in [6.07, 6.45) is 0. The number of ether oxygens (including phenoxy) is 2. The van der Waals surface area contributed by atoms with E-state index in [0.29, 0.717) is 17.2 Å². The minimum atomic E-state index is -4.12. The minimum Gasteiger partial charge on any atom is -0.495 e. The molecule has 0 radical (unpaired) electrons. The number of methoxy groups -OCH3 is 1. The van der Waals surface area contributed by atoms with E-state index in [9.17, 15) is 13.2 Å². The van der Waals surface area contributed by atoms with E-state index >= 15 is 0 Å². The first-order chi connectivity index (χ1) is 14.3. The summed E-state index contributed by atoms with van der Waals surface area (Å²) in [5.74, 6) is 1.32. The number of hydrogen-bond acceptors (Lipinski definition) is 6. The SMILES string of the molecule is COc1ccc(S(=O)(=O)Oc2ccc(Oc3ccc(C)cc3)cc2)cc1NC(C)=O. The zero-order valence-electron chi connectivity index (χ0n) is 16.7. The quantitative estimate of drug-likeness (QED) is 0.558. The number of aryl methyl sites for hydroxylation is 1. The Kier molecular flexibility index (Phi) is 6.27. The van der Waals surface area contributed by atoms with Gasteiger partial charge in [-0.2, -0.15) is 8.42 Å². The van der Waals surface area contributed by atoms with Crippen LogP contribution in [0.15, 0.2) is 71.6 Å². The third kappa shape index (κ3) is 5.30. The van der Waals surface area contributed by atoms with Gasteiger partial charge in [0.25, 0.3) is 0 Å². The summed E-state index contributed by atoms with van der Waals surface area (Å²) in [5.41, 5.74) is 1.35. The standard InChI is InChI=1S/C22H21NO6S/c1-15-4-6-17(7-5-15)28-18-8-10-19(11-9-18)29-30(25,26)20-12-13-22(27-3)21(14-20)23-16(2)24/h4-14H,1-3H3,(H,23,24). The molecule has 7 nitrogen and oxygen atoms in total.